The van der Waals surface area contributed by atoms with Gasteiger partial charge < -0.3 is 15.1 Å². The fourth-order valence-electron chi connectivity index (χ4n) is 4.54. The minimum atomic E-state index is 0.709. The van der Waals surface area contributed by atoms with Crippen LogP contribution in [-0.4, -0.2) is 41.0 Å². The molecule has 1 aromatic heterocycles. The first-order chi connectivity index (χ1) is 15.4. The van der Waals surface area contributed by atoms with E-state index in [-0.39, 0.29) is 0 Å². The molecule has 1 saturated heterocycles. The smallest absolute Gasteiger partial charge is 0.0731 e. The molecule has 0 aliphatic carbocycles. The van der Waals surface area contributed by atoms with Crippen LogP contribution in [0.15, 0.2) is 67.9 Å². The van der Waals surface area contributed by atoms with Crippen LogP contribution in [0.1, 0.15) is 23.6 Å². The topological polar surface area (TPSA) is 31.4 Å². The molecule has 0 bridgehead atoms. The largest absolute Gasteiger partial charge is 0.381 e. The van der Waals surface area contributed by atoms with Gasteiger partial charge in [-0.3, -0.25) is 0 Å². The summed E-state index contributed by atoms with van der Waals surface area (Å²) in [5.74, 6) is 0. The lowest BCUT2D eigenvalue weighted by molar-refractivity contribution is 0.215. The van der Waals surface area contributed by atoms with Crippen molar-refractivity contribution in [3.05, 3.63) is 89.6 Å². The molecule has 2 aliphatic heterocycles. The van der Waals surface area contributed by atoms with E-state index in [4.69, 9.17) is 16.6 Å². The first-order valence-electron chi connectivity index (χ1n) is 10.9. The third kappa shape index (κ3) is 3.65. The van der Waals surface area contributed by atoms with E-state index in [1.807, 2.05) is 6.07 Å². The lowest BCUT2D eigenvalue weighted by atomic mass is 10.0. The highest BCUT2D eigenvalue weighted by Gasteiger charge is 2.19. The van der Waals surface area contributed by atoms with Crippen molar-refractivity contribution >= 4 is 33.9 Å². The summed E-state index contributed by atoms with van der Waals surface area (Å²) in [6.45, 7) is 19.2. The van der Waals surface area contributed by atoms with Crippen molar-refractivity contribution in [3.63, 3.8) is 0 Å². The minimum Gasteiger partial charge on any atom is -0.381 e. The van der Waals surface area contributed by atoms with Crippen molar-refractivity contribution in [2.24, 2.45) is 0 Å². The van der Waals surface area contributed by atoms with E-state index in [0.29, 0.717) is 5.02 Å². The van der Waals surface area contributed by atoms with E-state index in [1.165, 1.54) is 11.1 Å². The van der Waals surface area contributed by atoms with Gasteiger partial charge in [0, 0.05) is 66.3 Å². The van der Waals surface area contributed by atoms with Gasteiger partial charge in [-0.15, -0.1) is 0 Å². The Bertz CT molecular complexity index is 1270. The Labute approximate surface area is 194 Å². The zero-order valence-electron chi connectivity index (χ0n) is 18.4. The molecule has 5 heteroatoms. The standard InChI is InChI=1S/C27H27ClN4/c1-17(2)31-9-11-32(12-10-31)19(4)20-5-8-24-25(28)15-26(30-27(24)14-20)21-6-7-23-18(3)29-16-22(23)13-21/h5-8,13-15,29H,1,3-4,9-12,16H2,2H3. The van der Waals surface area contributed by atoms with Crippen LogP contribution in [-0.2, 0) is 6.54 Å². The zero-order chi connectivity index (χ0) is 22.4. The second-order valence-corrected chi connectivity index (χ2v) is 8.99. The lowest BCUT2D eigenvalue weighted by Crippen LogP contribution is -2.44. The Morgan fingerprint density at radius 2 is 1.75 bits per heavy atom. The van der Waals surface area contributed by atoms with Crippen molar-refractivity contribution in [1.82, 2.24) is 20.1 Å². The number of benzene rings is 2. The number of allylic oxidation sites excluding steroid dienone is 1. The number of fused-ring (bicyclic) bond motifs is 2. The Morgan fingerprint density at radius 3 is 2.50 bits per heavy atom. The van der Waals surface area contributed by atoms with Crippen LogP contribution in [0.4, 0.5) is 0 Å². The van der Waals surface area contributed by atoms with Crippen molar-refractivity contribution < 1.29 is 0 Å². The van der Waals surface area contributed by atoms with Gasteiger partial charge in [0.15, 0.2) is 0 Å². The molecule has 0 atom stereocenters. The van der Waals surface area contributed by atoms with Crippen LogP contribution in [0, 0.1) is 0 Å². The lowest BCUT2D eigenvalue weighted by Gasteiger charge is -2.38. The summed E-state index contributed by atoms with van der Waals surface area (Å²) in [5, 5.41) is 4.96. The highest BCUT2D eigenvalue weighted by atomic mass is 35.5. The van der Waals surface area contributed by atoms with Crippen LogP contribution >= 0.6 is 11.6 Å². The molecular weight excluding hydrogens is 416 g/mol. The third-order valence-electron chi connectivity index (χ3n) is 6.51. The first-order valence-corrected chi connectivity index (χ1v) is 11.3. The van der Waals surface area contributed by atoms with Crippen LogP contribution < -0.4 is 5.32 Å². The fourth-order valence-corrected chi connectivity index (χ4v) is 4.81. The second-order valence-electron chi connectivity index (χ2n) is 8.58. The third-order valence-corrected chi connectivity index (χ3v) is 6.82. The van der Waals surface area contributed by atoms with Gasteiger partial charge in [-0.25, -0.2) is 4.98 Å². The van der Waals surface area contributed by atoms with Gasteiger partial charge in [0.25, 0.3) is 0 Å². The monoisotopic (exact) mass is 442 g/mol. The molecular formula is C27H27ClN4. The summed E-state index contributed by atoms with van der Waals surface area (Å²) in [6.07, 6.45) is 0. The number of aromatic nitrogens is 1. The molecule has 0 radical (unpaired) electrons. The number of hydrogen-bond donors (Lipinski definition) is 1. The number of piperazine rings is 1. The highest BCUT2D eigenvalue weighted by molar-refractivity contribution is 6.35. The summed E-state index contributed by atoms with van der Waals surface area (Å²) in [4.78, 5) is 9.63. The zero-order valence-corrected chi connectivity index (χ0v) is 19.2. The van der Waals surface area contributed by atoms with Crippen LogP contribution in [0.5, 0.6) is 0 Å². The maximum absolute atomic E-state index is 6.67. The van der Waals surface area contributed by atoms with Crippen LogP contribution in [0.25, 0.3) is 33.6 Å². The predicted octanol–water partition coefficient (Wildman–Crippen LogP) is 5.75. The molecule has 0 unspecified atom stereocenters. The molecule has 5 rings (SSSR count). The average Bonchev–Trinajstić information content (AvgIpc) is 3.18. The molecule has 0 saturated carbocycles. The quantitative estimate of drug-likeness (QED) is 0.557. The molecule has 1 fully saturated rings. The van der Waals surface area contributed by atoms with Gasteiger partial charge in [0.2, 0.25) is 0 Å². The average molecular weight is 443 g/mol. The molecule has 3 aromatic rings. The number of rotatable bonds is 4. The number of hydrogen-bond acceptors (Lipinski definition) is 4. The second kappa shape index (κ2) is 8.03. The maximum atomic E-state index is 6.67. The highest BCUT2D eigenvalue weighted by Crippen LogP contribution is 2.33. The van der Waals surface area contributed by atoms with Gasteiger partial charge >= 0.3 is 0 Å². The maximum Gasteiger partial charge on any atom is 0.0731 e. The molecule has 0 amide bonds. The SMILES string of the molecule is C=C1NCc2cc(-c3cc(Cl)c4ccc(C(=C)N5CCN(C(=C)C)CC5)cc4n3)ccc21. The molecule has 2 aromatic carbocycles. The summed E-state index contributed by atoms with van der Waals surface area (Å²) in [5.41, 5.74) is 9.43. The number of halogens is 1. The summed E-state index contributed by atoms with van der Waals surface area (Å²) in [6, 6.07) is 14.6. The number of nitrogens with one attached hydrogen (secondary N) is 1. The van der Waals surface area contributed by atoms with Crippen molar-refractivity contribution in [2.75, 3.05) is 26.2 Å². The van der Waals surface area contributed by atoms with E-state index >= 15 is 0 Å². The van der Waals surface area contributed by atoms with E-state index < -0.39 is 0 Å². The van der Waals surface area contributed by atoms with Gasteiger partial charge in [0.1, 0.15) is 0 Å². The molecule has 0 spiro atoms. The van der Waals surface area contributed by atoms with Gasteiger partial charge in [0.05, 0.1) is 16.2 Å². The summed E-state index contributed by atoms with van der Waals surface area (Å²) >= 11 is 6.67. The normalized spacial score (nSPS) is 15.6. The summed E-state index contributed by atoms with van der Waals surface area (Å²) in [7, 11) is 0. The molecule has 1 N–H and O–H groups in total. The van der Waals surface area contributed by atoms with Gasteiger partial charge in [-0.2, -0.15) is 0 Å². The van der Waals surface area contributed by atoms with Gasteiger partial charge in [-0.1, -0.05) is 55.6 Å². The fraction of sp³-hybridized carbons (Fsp3) is 0.222. The Hall–Kier alpha value is -3.24. The number of pyridine rings is 1. The molecule has 4 nitrogen and oxygen atoms in total. The first kappa shape index (κ1) is 20.7. The van der Waals surface area contributed by atoms with E-state index in [2.05, 4.69) is 78.2 Å². The minimum absolute atomic E-state index is 0.709. The predicted molar refractivity (Wildman–Crippen MR) is 135 cm³/mol. The van der Waals surface area contributed by atoms with Crippen molar-refractivity contribution in [3.8, 4) is 11.3 Å². The van der Waals surface area contributed by atoms with Crippen molar-refractivity contribution in [1.29, 1.82) is 0 Å². The molecule has 32 heavy (non-hydrogen) atoms. The van der Waals surface area contributed by atoms with Gasteiger partial charge in [-0.05, 0) is 36.2 Å². The number of nitrogens with zero attached hydrogens (tertiary/aromatic N) is 3. The van der Waals surface area contributed by atoms with Crippen molar-refractivity contribution in [2.45, 2.75) is 13.5 Å². The molecule has 162 valence electrons. The Balaban J connectivity index is 1.46. The van der Waals surface area contributed by atoms with E-state index in [9.17, 15) is 0 Å². The molecule has 2 aliphatic rings. The van der Waals surface area contributed by atoms with E-state index in [1.54, 1.807) is 0 Å². The Kier molecular flexibility index (Phi) is 5.18. The van der Waals surface area contributed by atoms with E-state index in [0.717, 1.165) is 77.5 Å². The molecule has 3 heterocycles. The Morgan fingerprint density at radius 1 is 1.00 bits per heavy atom. The van der Waals surface area contributed by atoms with Crippen LogP contribution in [0.2, 0.25) is 5.02 Å². The van der Waals surface area contributed by atoms with Crippen LogP contribution in [0.3, 0.4) is 0 Å². The summed E-state index contributed by atoms with van der Waals surface area (Å²) < 4.78 is 0.